The highest BCUT2D eigenvalue weighted by Gasteiger charge is 2.12. The monoisotopic (exact) mass is 417 g/mol. The van der Waals surface area contributed by atoms with Crippen molar-refractivity contribution in [3.8, 4) is 0 Å². The van der Waals surface area contributed by atoms with Crippen molar-refractivity contribution in [1.29, 1.82) is 0 Å². The molecule has 0 saturated carbocycles. The van der Waals surface area contributed by atoms with Gasteiger partial charge < -0.3 is 11.2 Å². The van der Waals surface area contributed by atoms with E-state index in [9.17, 15) is 13.6 Å². The molecule has 3 rings (SSSR count). The van der Waals surface area contributed by atoms with E-state index in [4.69, 9.17) is 5.84 Å². The van der Waals surface area contributed by atoms with Gasteiger partial charge in [-0.25, -0.2) is 18.9 Å². The Bertz CT molecular complexity index is 1010. The third-order valence-corrected chi connectivity index (χ3v) is 4.62. The lowest BCUT2D eigenvalue weighted by Crippen LogP contribution is -2.25. The number of nitrogens with one attached hydrogen (secondary N) is 2. The van der Waals surface area contributed by atoms with E-state index in [0.29, 0.717) is 10.7 Å². The maximum absolute atomic E-state index is 13.5. The number of hydrogen-bond acceptors (Lipinski definition) is 7. The van der Waals surface area contributed by atoms with Gasteiger partial charge in [0.1, 0.15) is 11.6 Å². The van der Waals surface area contributed by atoms with Crippen LogP contribution in [0.3, 0.4) is 0 Å². The summed E-state index contributed by atoms with van der Waals surface area (Å²) in [5, 5.41) is 14.6. The van der Waals surface area contributed by atoms with Crippen LogP contribution < -0.4 is 16.6 Å². The number of thioether (sulfide) groups is 1. The van der Waals surface area contributed by atoms with Crippen LogP contribution >= 0.6 is 11.8 Å². The molecule has 1 aromatic heterocycles. The summed E-state index contributed by atoms with van der Waals surface area (Å²) in [6.45, 7) is 0.284. The van der Waals surface area contributed by atoms with E-state index in [-0.39, 0.29) is 30.0 Å². The highest BCUT2D eigenvalue weighted by atomic mass is 32.2. The van der Waals surface area contributed by atoms with Crippen LogP contribution in [0.5, 0.6) is 0 Å². The third kappa shape index (κ3) is 5.75. The number of amides is 1. The summed E-state index contributed by atoms with van der Waals surface area (Å²) >= 11 is 1.09. The summed E-state index contributed by atoms with van der Waals surface area (Å²) in [5.74, 6) is 5.09. The van der Waals surface area contributed by atoms with Crippen molar-refractivity contribution in [3.05, 3.63) is 71.3 Å². The Morgan fingerprint density at radius 1 is 1.17 bits per heavy atom. The van der Waals surface area contributed by atoms with Crippen molar-refractivity contribution in [1.82, 2.24) is 20.2 Å². The van der Waals surface area contributed by atoms with Gasteiger partial charge in [0.25, 0.3) is 5.95 Å². The molecule has 0 aliphatic heterocycles. The number of aromatic nitrogens is 3. The molecule has 0 aliphatic rings. The smallest absolute Gasteiger partial charge is 0.264 e. The minimum atomic E-state index is -0.407. The van der Waals surface area contributed by atoms with Gasteiger partial charge in [-0.3, -0.25) is 4.79 Å². The average molecular weight is 417 g/mol. The summed E-state index contributed by atoms with van der Waals surface area (Å²) in [6, 6.07) is 12.0. The summed E-state index contributed by atoms with van der Waals surface area (Å²) in [6.07, 6.45) is 1.29. The summed E-state index contributed by atoms with van der Waals surface area (Å²) in [7, 11) is 0. The van der Waals surface area contributed by atoms with E-state index in [1.807, 2.05) is 0 Å². The standard InChI is InChI=1S/C18H17F2N7OS/c19-14-7-5-12(6-8-14)9-22-16(28)11-29-18-26-25-17(27(18)21)24-23-10-13-3-1-2-4-15(13)20/h1-8,10H,9,11,21H2,(H,22,28)(H,24,25)/b23-10+. The molecule has 0 saturated heterocycles. The van der Waals surface area contributed by atoms with Crippen molar-refractivity contribution >= 4 is 29.8 Å². The fourth-order valence-corrected chi connectivity index (χ4v) is 2.86. The number of hydrogen-bond donors (Lipinski definition) is 3. The molecule has 0 atom stereocenters. The zero-order chi connectivity index (χ0) is 20.6. The lowest BCUT2D eigenvalue weighted by Gasteiger charge is -2.05. The van der Waals surface area contributed by atoms with E-state index >= 15 is 0 Å². The van der Waals surface area contributed by atoms with Crippen LogP contribution in [0, 0.1) is 11.6 Å². The largest absolute Gasteiger partial charge is 0.351 e. The Labute approximate surface area is 169 Å². The van der Waals surface area contributed by atoms with E-state index in [1.54, 1.807) is 30.3 Å². The second kappa shape index (κ2) is 9.64. The highest BCUT2D eigenvalue weighted by molar-refractivity contribution is 7.99. The molecule has 0 unspecified atom stereocenters. The van der Waals surface area contributed by atoms with Gasteiger partial charge in [0, 0.05) is 12.1 Å². The number of carbonyl (C=O) groups is 1. The highest BCUT2D eigenvalue weighted by Crippen LogP contribution is 2.16. The Kier molecular flexibility index (Phi) is 6.74. The zero-order valence-corrected chi connectivity index (χ0v) is 15.9. The van der Waals surface area contributed by atoms with Crippen LogP contribution in [0.15, 0.2) is 58.8 Å². The molecule has 3 aromatic rings. The zero-order valence-electron chi connectivity index (χ0n) is 15.0. The third-order valence-electron chi connectivity index (χ3n) is 3.67. The predicted molar refractivity (Wildman–Crippen MR) is 107 cm³/mol. The van der Waals surface area contributed by atoms with Gasteiger partial charge in [0.15, 0.2) is 0 Å². The predicted octanol–water partition coefficient (Wildman–Crippen LogP) is 2.12. The summed E-state index contributed by atoms with van der Waals surface area (Å²) in [5.41, 5.74) is 3.66. The first-order chi connectivity index (χ1) is 14.0. The van der Waals surface area contributed by atoms with Crippen LogP contribution in [0.1, 0.15) is 11.1 Å². The van der Waals surface area contributed by atoms with Gasteiger partial charge in [0.2, 0.25) is 11.1 Å². The van der Waals surface area contributed by atoms with E-state index in [2.05, 4.69) is 26.0 Å². The van der Waals surface area contributed by atoms with E-state index in [0.717, 1.165) is 22.0 Å². The molecule has 150 valence electrons. The minimum absolute atomic E-state index is 0.0645. The van der Waals surface area contributed by atoms with E-state index < -0.39 is 5.82 Å². The fourth-order valence-electron chi connectivity index (χ4n) is 2.18. The van der Waals surface area contributed by atoms with Crippen LogP contribution in [-0.2, 0) is 11.3 Å². The van der Waals surface area contributed by atoms with Gasteiger partial charge in [-0.15, -0.1) is 10.2 Å². The first-order valence-corrected chi connectivity index (χ1v) is 9.39. The number of halogens is 2. The minimum Gasteiger partial charge on any atom is -0.351 e. The van der Waals surface area contributed by atoms with Gasteiger partial charge in [-0.2, -0.15) is 5.10 Å². The molecule has 1 heterocycles. The second-order valence-corrected chi connectivity index (χ2v) is 6.70. The molecule has 11 heteroatoms. The maximum atomic E-state index is 13.5. The molecule has 0 bridgehead atoms. The topological polar surface area (TPSA) is 110 Å². The molecule has 0 aliphatic carbocycles. The van der Waals surface area contributed by atoms with Crippen molar-refractivity contribution in [2.45, 2.75) is 11.7 Å². The van der Waals surface area contributed by atoms with Gasteiger partial charge in [-0.1, -0.05) is 42.1 Å². The molecule has 0 fully saturated rings. The first-order valence-electron chi connectivity index (χ1n) is 8.41. The molecule has 1 amide bonds. The van der Waals surface area contributed by atoms with E-state index in [1.165, 1.54) is 24.4 Å². The fraction of sp³-hybridized carbons (Fsp3) is 0.111. The number of nitrogens with zero attached hydrogens (tertiary/aromatic N) is 4. The lowest BCUT2D eigenvalue weighted by molar-refractivity contribution is -0.118. The Morgan fingerprint density at radius 2 is 1.93 bits per heavy atom. The molecule has 0 spiro atoms. The molecule has 2 aromatic carbocycles. The number of carbonyl (C=O) groups excluding carboxylic acids is 1. The number of rotatable bonds is 8. The molecular weight excluding hydrogens is 400 g/mol. The Balaban J connectivity index is 1.48. The van der Waals surface area contributed by atoms with Crippen molar-refractivity contribution in [3.63, 3.8) is 0 Å². The Morgan fingerprint density at radius 3 is 2.69 bits per heavy atom. The van der Waals surface area contributed by atoms with Crippen LogP contribution in [0.2, 0.25) is 0 Å². The van der Waals surface area contributed by atoms with Gasteiger partial charge in [0.05, 0.1) is 12.0 Å². The first kappa shape index (κ1) is 20.3. The number of hydrazone groups is 1. The number of nitrogens with two attached hydrogens (primary N) is 1. The quantitative estimate of drug-likeness (QED) is 0.224. The number of benzene rings is 2. The molecule has 0 radical (unpaired) electrons. The van der Waals surface area contributed by atoms with Crippen molar-refractivity contribution in [2.75, 3.05) is 17.0 Å². The molecule has 29 heavy (non-hydrogen) atoms. The molecule has 4 N–H and O–H groups in total. The lowest BCUT2D eigenvalue weighted by atomic mass is 10.2. The number of nitrogen functional groups attached to an aromatic ring is 1. The average Bonchev–Trinajstić information content (AvgIpc) is 3.07. The van der Waals surface area contributed by atoms with Crippen molar-refractivity contribution in [2.24, 2.45) is 5.10 Å². The van der Waals surface area contributed by atoms with Crippen LogP contribution in [0.4, 0.5) is 14.7 Å². The second-order valence-electron chi connectivity index (χ2n) is 5.76. The normalized spacial score (nSPS) is 11.0. The van der Waals surface area contributed by atoms with Gasteiger partial charge >= 0.3 is 0 Å². The summed E-state index contributed by atoms with van der Waals surface area (Å²) in [4.78, 5) is 12.0. The maximum Gasteiger partial charge on any atom is 0.264 e. The number of anilines is 1. The molecule has 8 nitrogen and oxygen atoms in total. The SMILES string of the molecule is Nn1c(N/N=C/c2ccccc2F)nnc1SCC(=O)NCc1ccc(F)cc1. The van der Waals surface area contributed by atoms with Crippen molar-refractivity contribution < 1.29 is 13.6 Å². The molecular formula is C18H17F2N7OS. The summed E-state index contributed by atoms with van der Waals surface area (Å²) < 4.78 is 27.5. The van der Waals surface area contributed by atoms with Crippen LogP contribution in [0.25, 0.3) is 0 Å². The Hall–Kier alpha value is -3.47. The van der Waals surface area contributed by atoms with Gasteiger partial charge in [-0.05, 0) is 23.8 Å². The van der Waals surface area contributed by atoms with Crippen LogP contribution in [-0.4, -0.2) is 32.7 Å².